The predicted octanol–water partition coefficient (Wildman–Crippen LogP) is 4.57. The van der Waals surface area contributed by atoms with Crippen LogP contribution < -0.4 is 10.1 Å². The fourth-order valence-electron chi connectivity index (χ4n) is 3.32. The Balaban J connectivity index is 2.10. The van der Waals surface area contributed by atoms with Crippen molar-refractivity contribution in [3.05, 3.63) is 65.2 Å². The minimum absolute atomic E-state index is 0.0136. The van der Waals surface area contributed by atoms with Gasteiger partial charge in [0.2, 0.25) is 11.8 Å². The normalized spacial score (nSPS) is 11.6. The second-order valence-electron chi connectivity index (χ2n) is 7.50. The molecule has 1 atom stereocenters. The van der Waals surface area contributed by atoms with Crippen LogP contribution in [0, 0.1) is 6.92 Å². The van der Waals surface area contributed by atoms with Gasteiger partial charge in [-0.1, -0.05) is 50.2 Å². The lowest BCUT2D eigenvalue weighted by Crippen LogP contribution is -2.49. The molecule has 2 rings (SSSR count). The number of aryl methyl sites for hydroxylation is 1. The molecule has 0 heterocycles. The topological polar surface area (TPSA) is 58.6 Å². The van der Waals surface area contributed by atoms with Gasteiger partial charge in [0.25, 0.3) is 0 Å². The lowest BCUT2D eigenvalue weighted by atomic mass is 10.1. The van der Waals surface area contributed by atoms with Crippen LogP contribution in [-0.2, 0) is 21.9 Å². The quantitative estimate of drug-likeness (QED) is 0.523. The second kappa shape index (κ2) is 13.1. The summed E-state index contributed by atoms with van der Waals surface area (Å²) in [5.74, 6) is 1.78. The first-order chi connectivity index (χ1) is 15.0. The average molecular weight is 443 g/mol. The van der Waals surface area contributed by atoms with E-state index in [9.17, 15) is 9.59 Å². The maximum atomic E-state index is 13.2. The third kappa shape index (κ3) is 7.62. The first-order valence-corrected chi connectivity index (χ1v) is 12.0. The Hall–Kier alpha value is -2.47. The van der Waals surface area contributed by atoms with Gasteiger partial charge in [-0.15, -0.1) is 11.8 Å². The highest BCUT2D eigenvalue weighted by Crippen LogP contribution is 2.20. The van der Waals surface area contributed by atoms with Crippen molar-refractivity contribution in [1.82, 2.24) is 10.2 Å². The van der Waals surface area contributed by atoms with Gasteiger partial charge in [-0.05, 0) is 48.6 Å². The Morgan fingerprint density at radius 2 is 1.81 bits per heavy atom. The van der Waals surface area contributed by atoms with Crippen molar-refractivity contribution < 1.29 is 14.3 Å². The van der Waals surface area contributed by atoms with Crippen molar-refractivity contribution in [1.29, 1.82) is 0 Å². The molecule has 168 valence electrons. The van der Waals surface area contributed by atoms with Crippen LogP contribution in [0.15, 0.2) is 48.5 Å². The molecule has 0 saturated heterocycles. The van der Waals surface area contributed by atoms with Crippen molar-refractivity contribution >= 4 is 23.6 Å². The van der Waals surface area contributed by atoms with Gasteiger partial charge in [-0.3, -0.25) is 9.59 Å². The summed E-state index contributed by atoms with van der Waals surface area (Å²) >= 11 is 1.56. The number of hydrogen-bond donors (Lipinski definition) is 1. The van der Waals surface area contributed by atoms with Crippen LogP contribution in [0.5, 0.6) is 5.75 Å². The number of benzene rings is 2. The molecule has 2 aromatic carbocycles. The SMILES string of the molecule is CCCNC(=O)[C@@H](CC)N(Cc1ccccc1C)C(=O)CSCc1ccc(OC)cc1. The third-order valence-electron chi connectivity index (χ3n) is 5.19. The highest BCUT2D eigenvalue weighted by Gasteiger charge is 2.28. The fraction of sp³-hybridized carbons (Fsp3) is 0.440. The van der Waals surface area contributed by atoms with Gasteiger partial charge in [-0.25, -0.2) is 0 Å². The summed E-state index contributed by atoms with van der Waals surface area (Å²) in [7, 11) is 1.65. The van der Waals surface area contributed by atoms with Crippen LogP contribution in [0.3, 0.4) is 0 Å². The Bertz CT molecular complexity index is 839. The average Bonchev–Trinajstić information content (AvgIpc) is 2.79. The van der Waals surface area contributed by atoms with E-state index in [-0.39, 0.29) is 11.8 Å². The number of ether oxygens (including phenoxy) is 1. The summed E-state index contributed by atoms with van der Waals surface area (Å²) in [6.07, 6.45) is 1.45. The number of nitrogens with one attached hydrogen (secondary N) is 1. The first-order valence-electron chi connectivity index (χ1n) is 10.8. The van der Waals surface area contributed by atoms with Crippen molar-refractivity contribution in [3.8, 4) is 5.75 Å². The molecule has 6 heteroatoms. The van der Waals surface area contributed by atoms with Gasteiger partial charge in [0, 0.05) is 18.8 Å². The van der Waals surface area contributed by atoms with Crippen LogP contribution >= 0.6 is 11.8 Å². The number of hydrogen-bond acceptors (Lipinski definition) is 4. The standard InChI is InChI=1S/C25H34N2O3S/c1-5-15-26-25(29)23(6-2)27(16-21-10-8-7-9-19(21)3)24(28)18-31-17-20-11-13-22(30-4)14-12-20/h7-14,23H,5-6,15-18H2,1-4H3,(H,26,29)/t23-/m1/s1. The number of rotatable bonds is 12. The van der Waals surface area contributed by atoms with Crippen molar-refractivity contribution in [2.45, 2.75) is 52.0 Å². The van der Waals surface area contributed by atoms with Crippen molar-refractivity contribution in [2.75, 3.05) is 19.4 Å². The second-order valence-corrected chi connectivity index (χ2v) is 8.49. The molecular weight excluding hydrogens is 408 g/mol. The van der Waals surface area contributed by atoms with Crippen LogP contribution in [0.4, 0.5) is 0 Å². The minimum atomic E-state index is -0.472. The third-order valence-corrected chi connectivity index (χ3v) is 6.18. The maximum absolute atomic E-state index is 13.2. The van der Waals surface area contributed by atoms with E-state index in [2.05, 4.69) is 5.32 Å². The van der Waals surface area contributed by atoms with Crippen LogP contribution in [0.2, 0.25) is 0 Å². The Morgan fingerprint density at radius 1 is 1.10 bits per heavy atom. The van der Waals surface area contributed by atoms with Gasteiger partial charge < -0.3 is 15.0 Å². The molecule has 0 spiro atoms. The Morgan fingerprint density at radius 3 is 2.42 bits per heavy atom. The number of nitrogens with zero attached hydrogens (tertiary/aromatic N) is 1. The Labute approximate surface area is 190 Å². The summed E-state index contributed by atoms with van der Waals surface area (Å²) < 4.78 is 5.19. The van der Waals surface area contributed by atoms with Gasteiger partial charge >= 0.3 is 0 Å². The highest BCUT2D eigenvalue weighted by molar-refractivity contribution is 7.99. The minimum Gasteiger partial charge on any atom is -0.497 e. The number of amides is 2. The molecule has 1 N–H and O–H groups in total. The predicted molar refractivity (Wildman–Crippen MR) is 128 cm³/mol. The lowest BCUT2D eigenvalue weighted by Gasteiger charge is -2.31. The van der Waals surface area contributed by atoms with Crippen LogP contribution in [-0.4, -0.2) is 42.2 Å². The molecule has 31 heavy (non-hydrogen) atoms. The molecule has 0 radical (unpaired) electrons. The van der Waals surface area contributed by atoms with E-state index in [1.54, 1.807) is 23.8 Å². The van der Waals surface area contributed by atoms with E-state index >= 15 is 0 Å². The first kappa shape index (κ1) is 24.8. The van der Waals surface area contributed by atoms with E-state index in [0.29, 0.717) is 25.3 Å². The molecule has 0 fully saturated rings. The monoisotopic (exact) mass is 442 g/mol. The number of carbonyl (C=O) groups excluding carboxylic acids is 2. The highest BCUT2D eigenvalue weighted by atomic mass is 32.2. The van der Waals surface area contributed by atoms with Gasteiger partial charge in [-0.2, -0.15) is 0 Å². The summed E-state index contributed by atoms with van der Waals surface area (Å²) in [5.41, 5.74) is 3.32. The lowest BCUT2D eigenvalue weighted by molar-refractivity contribution is -0.139. The zero-order chi connectivity index (χ0) is 22.6. The molecule has 5 nitrogen and oxygen atoms in total. The summed E-state index contributed by atoms with van der Waals surface area (Å²) in [4.78, 5) is 27.8. The summed E-state index contributed by atoms with van der Waals surface area (Å²) in [5, 5.41) is 2.96. The largest absolute Gasteiger partial charge is 0.497 e. The molecule has 2 aromatic rings. The molecule has 0 aliphatic heterocycles. The zero-order valence-electron chi connectivity index (χ0n) is 19.0. The van der Waals surface area contributed by atoms with E-state index in [0.717, 1.165) is 34.6 Å². The molecule has 0 aliphatic rings. The molecule has 0 aromatic heterocycles. The van der Waals surface area contributed by atoms with Gasteiger partial charge in [0.15, 0.2) is 0 Å². The fourth-order valence-corrected chi connectivity index (χ4v) is 4.19. The summed E-state index contributed by atoms with van der Waals surface area (Å²) in [6.45, 7) is 7.07. The number of carbonyl (C=O) groups is 2. The number of methoxy groups -OCH3 is 1. The molecule has 0 saturated carbocycles. The summed E-state index contributed by atoms with van der Waals surface area (Å²) in [6, 6.07) is 15.4. The van der Waals surface area contributed by atoms with Crippen LogP contribution in [0.25, 0.3) is 0 Å². The van der Waals surface area contributed by atoms with Crippen molar-refractivity contribution in [2.24, 2.45) is 0 Å². The van der Waals surface area contributed by atoms with E-state index < -0.39 is 6.04 Å². The molecule has 0 bridgehead atoms. The van der Waals surface area contributed by atoms with E-state index in [4.69, 9.17) is 4.74 Å². The van der Waals surface area contributed by atoms with Gasteiger partial charge in [0.05, 0.1) is 12.9 Å². The zero-order valence-corrected chi connectivity index (χ0v) is 19.8. The molecule has 0 unspecified atom stereocenters. The number of thioether (sulfide) groups is 1. The smallest absolute Gasteiger partial charge is 0.242 e. The Kier molecular flexibility index (Phi) is 10.4. The molecule has 0 aliphatic carbocycles. The van der Waals surface area contributed by atoms with E-state index in [1.165, 1.54) is 0 Å². The molecule has 2 amide bonds. The van der Waals surface area contributed by atoms with Crippen molar-refractivity contribution in [3.63, 3.8) is 0 Å². The maximum Gasteiger partial charge on any atom is 0.242 e. The van der Waals surface area contributed by atoms with Crippen LogP contribution in [0.1, 0.15) is 43.4 Å². The molecular formula is C25H34N2O3S. The van der Waals surface area contributed by atoms with Gasteiger partial charge in [0.1, 0.15) is 11.8 Å². The van der Waals surface area contributed by atoms with E-state index in [1.807, 2.05) is 69.3 Å².